The summed E-state index contributed by atoms with van der Waals surface area (Å²) in [6, 6.07) is 4.94. The van der Waals surface area contributed by atoms with Crippen LogP contribution >= 0.6 is 0 Å². The quantitative estimate of drug-likeness (QED) is 0.599. The van der Waals surface area contributed by atoms with Crippen molar-refractivity contribution in [3.63, 3.8) is 0 Å². The maximum absolute atomic E-state index is 14.0. The number of halogens is 1. The van der Waals surface area contributed by atoms with Crippen molar-refractivity contribution in [2.24, 2.45) is 5.92 Å². The number of hydrogen-bond acceptors (Lipinski definition) is 4. The van der Waals surface area contributed by atoms with Gasteiger partial charge in [-0.05, 0) is 87.7 Å². The lowest BCUT2D eigenvalue weighted by Crippen LogP contribution is -2.43. The second-order valence-corrected chi connectivity index (χ2v) is 10.0. The largest absolute Gasteiger partial charge is 0.612 e. The minimum absolute atomic E-state index is 0.128. The Morgan fingerprint density at radius 3 is 2.52 bits per heavy atom. The number of amides is 1. The molecule has 1 aliphatic rings. The summed E-state index contributed by atoms with van der Waals surface area (Å²) in [6.07, 6.45) is 5.67. The number of carbonyl (C=O) groups is 1. The van der Waals surface area contributed by atoms with Crippen molar-refractivity contribution in [3.05, 3.63) is 29.6 Å². The summed E-state index contributed by atoms with van der Waals surface area (Å²) >= 11 is -1.31. The Bertz CT molecular complexity index is 669. The molecule has 0 N–H and O–H groups in total. The summed E-state index contributed by atoms with van der Waals surface area (Å²) in [7, 11) is 1.73. The summed E-state index contributed by atoms with van der Waals surface area (Å²) in [5.41, 5.74) is 0.429. The van der Waals surface area contributed by atoms with Gasteiger partial charge in [0.15, 0.2) is 10.7 Å². The first-order valence-corrected chi connectivity index (χ1v) is 11.8. The molecule has 1 fully saturated rings. The lowest BCUT2D eigenvalue weighted by molar-refractivity contribution is -0.00435. The average molecular weight is 428 g/mol. The number of likely N-dealkylation sites (tertiary alicyclic amines) is 1. The molecule has 2 atom stereocenters. The van der Waals surface area contributed by atoms with Gasteiger partial charge in [0.25, 0.3) is 0 Å². The van der Waals surface area contributed by atoms with Crippen LogP contribution < -0.4 is 0 Å². The number of benzene rings is 1. The van der Waals surface area contributed by atoms with E-state index in [1.54, 1.807) is 18.1 Å². The number of hydrogen-bond donors (Lipinski definition) is 0. The van der Waals surface area contributed by atoms with Crippen molar-refractivity contribution in [2.45, 2.75) is 69.5 Å². The van der Waals surface area contributed by atoms with Crippen molar-refractivity contribution in [2.75, 3.05) is 26.5 Å². The zero-order chi connectivity index (χ0) is 21.6. The highest BCUT2D eigenvalue weighted by Gasteiger charge is 2.30. The van der Waals surface area contributed by atoms with Gasteiger partial charge in [-0.15, -0.1) is 0 Å². The number of aryl methyl sites for hydroxylation is 1. The molecule has 1 aliphatic heterocycles. The van der Waals surface area contributed by atoms with Gasteiger partial charge in [-0.25, -0.2) is 9.18 Å². The molecule has 1 amide bonds. The third kappa shape index (κ3) is 7.46. The van der Waals surface area contributed by atoms with E-state index in [2.05, 4.69) is 0 Å². The molecule has 0 aliphatic carbocycles. The maximum atomic E-state index is 14.0. The summed E-state index contributed by atoms with van der Waals surface area (Å²) in [5, 5.41) is 0. The van der Waals surface area contributed by atoms with Gasteiger partial charge in [0.2, 0.25) is 0 Å². The summed E-state index contributed by atoms with van der Waals surface area (Å²) in [5.74, 6) is 0.00134. The number of carbonyl (C=O) groups excluding carboxylic acids is 1. The number of nitrogens with zero attached hydrogens (tertiary/aromatic N) is 1. The lowest BCUT2D eigenvalue weighted by Gasteiger charge is -2.36. The molecule has 0 spiro atoms. The van der Waals surface area contributed by atoms with Crippen LogP contribution in [0.3, 0.4) is 0 Å². The highest BCUT2D eigenvalue weighted by Crippen LogP contribution is 2.27. The topological polar surface area (TPSA) is 61.8 Å². The molecular weight excluding hydrogens is 393 g/mol. The van der Waals surface area contributed by atoms with Gasteiger partial charge in [-0.1, -0.05) is 6.07 Å². The van der Waals surface area contributed by atoms with E-state index in [4.69, 9.17) is 9.47 Å². The van der Waals surface area contributed by atoms with Crippen molar-refractivity contribution in [1.82, 2.24) is 4.90 Å². The molecule has 0 radical (unpaired) electrons. The standard InChI is InChI=1S/C22H34FNO4S/c1-22(2,3)28-21(25)24-13-11-17(12-14-24)19(27-4)8-6-7-16-9-10-20(29(5)26)18(23)15-16/h9-10,15,17,19H,6-8,11-14H2,1-5H3. The monoisotopic (exact) mass is 427 g/mol. The number of piperidine rings is 1. The molecule has 5 nitrogen and oxygen atoms in total. The summed E-state index contributed by atoms with van der Waals surface area (Å²) in [6.45, 7) is 6.99. The van der Waals surface area contributed by atoms with Gasteiger partial charge in [0.1, 0.15) is 11.9 Å². The molecule has 1 saturated heterocycles. The smallest absolute Gasteiger partial charge is 0.410 e. The predicted molar refractivity (Wildman–Crippen MR) is 113 cm³/mol. The first kappa shape index (κ1) is 24.0. The molecular formula is C22H34FNO4S. The average Bonchev–Trinajstić information content (AvgIpc) is 2.64. The Hall–Kier alpha value is -1.31. The van der Waals surface area contributed by atoms with Gasteiger partial charge in [-0.3, -0.25) is 0 Å². The fourth-order valence-electron chi connectivity index (χ4n) is 3.77. The molecule has 164 valence electrons. The summed E-state index contributed by atoms with van der Waals surface area (Å²) in [4.78, 5) is 14.2. The molecule has 1 heterocycles. The van der Waals surface area contributed by atoms with Crippen LogP contribution in [-0.4, -0.2) is 53.7 Å². The minimum atomic E-state index is -1.31. The number of rotatable bonds is 7. The first-order chi connectivity index (χ1) is 13.6. The van der Waals surface area contributed by atoms with Crippen LogP contribution in [0.1, 0.15) is 52.0 Å². The Morgan fingerprint density at radius 2 is 2.00 bits per heavy atom. The fourth-order valence-corrected chi connectivity index (χ4v) is 4.36. The SMILES string of the molecule is COC(CCCc1ccc([S+](C)[O-])c(F)c1)C1CCN(C(=O)OC(C)(C)C)CC1. The van der Waals surface area contributed by atoms with E-state index in [9.17, 15) is 13.7 Å². The molecule has 0 saturated carbocycles. The van der Waals surface area contributed by atoms with Crippen LogP contribution in [0.5, 0.6) is 0 Å². The van der Waals surface area contributed by atoms with Gasteiger partial charge in [-0.2, -0.15) is 0 Å². The van der Waals surface area contributed by atoms with Crippen LogP contribution in [0.15, 0.2) is 23.1 Å². The third-order valence-electron chi connectivity index (χ3n) is 5.28. The molecule has 0 bridgehead atoms. The molecule has 7 heteroatoms. The zero-order valence-corrected chi connectivity index (χ0v) is 19.0. The van der Waals surface area contributed by atoms with E-state index < -0.39 is 22.6 Å². The van der Waals surface area contributed by atoms with E-state index in [1.807, 2.05) is 26.8 Å². The lowest BCUT2D eigenvalue weighted by atomic mass is 9.88. The van der Waals surface area contributed by atoms with Crippen LogP contribution in [0.4, 0.5) is 9.18 Å². The van der Waals surface area contributed by atoms with Gasteiger partial charge < -0.3 is 18.9 Å². The van der Waals surface area contributed by atoms with E-state index in [-0.39, 0.29) is 17.1 Å². The molecule has 1 aromatic rings. The predicted octanol–water partition coefficient (Wildman–Crippen LogP) is 4.55. The van der Waals surface area contributed by atoms with Crippen LogP contribution in [0.25, 0.3) is 0 Å². The van der Waals surface area contributed by atoms with Gasteiger partial charge >= 0.3 is 6.09 Å². The number of ether oxygens (including phenoxy) is 2. The van der Waals surface area contributed by atoms with Crippen LogP contribution in [0.2, 0.25) is 0 Å². The van der Waals surface area contributed by atoms with Gasteiger partial charge in [0.05, 0.1) is 6.10 Å². The van der Waals surface area contributed by atoms with Crippen molar-refractivity contribution in [3.8, 4) is 0 Å². The molecule has 0 aromatic heterocycles. The maximum Gasteiger partial charge on any atom is 0.410 e. The highest BCUT2D eigenvalue weighted by atomic mass is 32.2. The minimum Gasteiger partial charge on any atom is -0.612 e. The number of methoxy groups -OCH3 is 1. The van der Waals surface area contributed by atoms with Crippen LogP contribution in [-0.2, 0) is 27.1 Å². The molecule has 29 heavy (non-hydrogen) atoms. The zero-order valence-electron chi connectivity index (χ0n) is 18.2. The Balaban J connectivity index is 1.79. The molecule has 1 aromatic carbocycles. The Labute approximate surface area is 177 Å². The van der Waals surface area contributed by atoms with E-state index in [0.717, 1.165) is 37.7 Å². The summed E-state index contributed by atoms with van der Waals surface area (Å²) < 4.78 is 36.6. The Morgan fingerprint density at radius 1 is 1.34 bits per heavy atom. The van der Waals surface area contributed by atoms with E-state index in [1.165, 1.54) is 12.3 Å². The van der Waals surface area contributed by atoms with Crippen molar-refractivity contribution in [1.29, 1.82) is 0 Å². The van der Waals surface area contributed by atoms with Crippen molar-refractivity contribution >= 4 is 17.3 Å². The molecule has 2 unspecified atom stereocenters. The Kier molecular flexibility index (Phi) is 8.79. The molecule has 2 rings (SSSR count). The van der Waals surface area contributed by atoms with E-state index in [0.29, 0.717) is 19.0 Å². The second kappa shape index (κ2) is 10.6. The van der Waals surface area contributed by atoms with Gasteiger partial charge in [0, 0.05) is 20.2 Å². The normalized spacial score (nSPS) is 17.8. The van der Waals surface area contributed by atoms with E-state index >= 15 is 0 Å². The third-order valence-corrected chi connectivity index (χ3v) is 6.23. The second-order valence-electron chi connectivity index (χ2n) is 8.69. The highest BCUT2D eigenvalue weighted by molar-refractivity contribution is 7.90. The van der Waals surface area contributed by atoms with Crippen LogP contribution in [0, 0.1) is 11.7 Å². The first-order valence-electron chi connectivity index (χ1n) is 10.2. The van der Waals surface area contributed by atoms with Crippen molar-refractivity contribution < 1.29 is 23.2 Å². The fraction of sp³-hybridized carbons (Fsp3) is 0.682.